The molecule has 25 atom stereocenters. The summed E-state index contributed by atoms with van der Waals surface area (Å²) in [6.45, 7) is 6.24. The summed E-state index contributed by atoms with van der Waals surface area (Å²) in [5, 5.41) is 127. The molecule has 0 radical (unpaired) electrons. The minimum absolute atomic E-state index is 0.00319. The number of carbonyl (C=O) groups excluding carboxylic acids is 1. The Hall–Kier alpha value is -2.71. The van der Waals surface area contributed by atoms with E-state index in [1.54, 1.807) is 13.8 Å². The van der Waals surface area contributed by atoms with E-state index in [4.69, 9.17) is 15.2 Å². The fraction of sp³-hybridized carbons (Fsp3) is 0.838. The summed E-state index contributed by atoms with van der Waals surface area (Å²) >= 11 is 0. The first-order valence-corrected chi connectivity index (χ1v) is 33.8. The second-order valence-corrected chi connectivity index (χ2v) is 30.3. The topological polar surface area (TPSA) is 280 Å². The van der Waals surface area contributed by atoms with E-state index in [1.165, 1.54) is 0 Å². The molecule has 9 fully saturated rings. The summed E-state index contributed by atoms with van der Waals surface area (Å²) in [5.74, 6) is -3.72. The highest BCUT2D eigenvalue weighted by atomic mass is 16.5. The number of Topliss-reactive ketones (excluding diaryl/α,β-unsaturated/α-hetero) is 1. The number of hydrogen-bond acceptors (Lipinski definition) is 16. The summed E-state index contributed by atoms with van der Waals surface area (Å²) in [5.41, 5.74) is -1.22. The summed E-state index contributed by atoms with van der Waals surface area (Å²) in [6, 6.07) is 0.438. The smallest absolute Gasteiger partial charge is 0.182 e. The molecule has 16 nitrogen and oxygen atoms in total. The molecule has 3 heterocycles. The molecular weight excluding hydrogens is 1060 g/mol. The third kappa shape index (κ3) is 9.24. The third-order valence-corrected chi connectivity index (χ3v) is 26.3. The van der Waals surface area contributed by atoms with Gasteiger partial charge in [0.1, 0.15) is 5.60 Å². The van der Waals surface area contributed by atoms with Crippen LogP contribution in [-0.2, 0) is 14.3 Å². The Morgan fingerprint density at radius 2 is 1.68 bits per heavy atom. The third-order valence-electron chi connectivity index (χ3n) is 26.3. The zero-order chi connectivity index (χ0) is 58.9. The van der Waals surface area contributed by atoms with E-state index in [0.29, 0.717) is 87.3 Å². The highest BCUT2D eigenvalue weighted by Crippen LogP contribution is 2.79. The standard InChI is InChI=1S/C68H104N4O12/c1-4-7-38-12-16-45-52(20-13-38)84-62-55(45)50(75)9-5-26-68(62,82)63(3,79)53-23-28-67(81)57-58(71-35-37(2)74)60(78)56-46-17-19-47-43(44-18-21-54(69)72-48(44)8-6-30-73)22-27-64(80,61(57)65(47,56)34-51(76)59(46)77)36-66(53,67)41-14-10-39(11-15-41)25-31-83-42-32-40-24-29-70-49(40)33-42/h18,21-22,24,27,29,37-43,45-47,49-56,59,61-62,70-77,79-82H,4-17,19-20,23,25-26,28,30-36,69H2,1-3H3/t37-,38+,39?,40+,41?,42+,43+,45+,46+,47+,49-,50+,51-,52+,53+,54?,55+,56-,59+,61+,62+,63+,64+,65+,66-,67+,68+/m0/s1. The number of aliphatic hydroxyl groups is 9. The number of dihydropyridines is 1. The first kappa shape index (κ1) is 60.2. The minimum atomic E-state index is -1.96. The van der Waals surface area contributed by atoms with E-state index in [0.717, 1.165) is 81.9 Å². The number of nitrogens with one attached hydrogen (secondary N) is 3. The quantitative estimate of drug-likeness (QED) is 0.0841. The van der Waals surface area contributed by atoms with Gasteiger partial charge < -0.3 is 77.1 Å². The Labute approximate surface area is 498 Å². The van der Waals surface area contributed by atoms with E-state index >= 15 is 9.90 Å². The molecule has 1 saturated heterocycles. The first-order valence-electron chi connectivity index (χ1n) is 33.8. The van der Waals surface area contributed by atoms with Crippen LogP contribution in [0.3, 0.4) is 0 Å². The lowest BCUT2D eigenvalue weighted by atomic mass is 9.34. The van der Waals surface area contributed by atoms with Crippen molar-refractivity contribution in [2.45, 2.75) is 252 Å². The first-order chi connectivity index (χ1) is 40.2. The van der Waals surface area contributed by atoms with Crippen molar-refractivity contribution in [3.8, 4) is 0 Å². The van der Waals surface area contributed by atoms with Crippen LogP contribution in [0.15, 0.2) is 59.1 Å². The molecule has 10 aliphatic carbocycles. The molecule has 84 heavy (non-hydrogen) atoms. The van der Waals surface area contributed by atoms with E-state index in [1.807, 2.05) is 18.2 Å². The Bertz CT molecular complexity index is 2620. The normalized spacial score (nSPS) is 50.2. The maximum atomic E-state index is 16.6. The Kier molecular flexibility index (Phi) is 16.2. The van der Waals surface area contributed by atoms with Crippen molar-refractivity contribution in [3.63, 3.8) is 0 Å². The average molecular weight is 1170 g/mol. The Balaban J connectivity index is 0.964. The minimum Gasteiger partial charge on any atom is -0.396 e. The number of ketones is 1. The molecule has 0 aromatic rings. The van der Waals surface area contributed by atoms with Crippen molar-refractivity contribution < 1.29 is 60.2 Å². The summed E-state index contributed by atoms with van der Waals surface area (Å²) in [4.78, 5) is 16.6. The van der Waals surface area contributed by atoms with Gasteiger partial charge in [-0.25, -0.2) is 0 Å². The van der Waals surface area contributed by atoms with Crippen LogP contribution in [0, 0.1) is 81.8 Å². The van der Waals surface area contributed by atoms with Gasteiger partial charge in [-0.3, -0.25) is 4.79 Å². The van der Waals surface area contributed by atoms with Gasteiger partial charge in [-0.15, -0.1) is 0 Å². The largest absolute Gasteiger partial charge is 0.396 e. The summed E-state index contributed by atoms with van der Waals surface area (Å²) < 4.78 is 13.8. The van der Waals surface area contributed by atoms with Gasteiger partial charge in [0.05, 0.1) is 71.4 Å². The van der Waals surface area contributed by atoms with Gasteiger partial charge in [-0.2, -0.15) is 0 Å². The van der Waals surface area contributed by atoms with E-state index < -0.39 is 105 Å². The van der Waals surface area contributed by atoms with Crippen LogP contribution in [0.4, 0.5) is 0 Å². The van der Waals surface area contributed by atoms with Gasteiger partial charge >= 0.3 is 0 Å². The lowest BCUT2D eigenvalue weighted by Gasteiger charge is -2.71. The zero-order valence-electron chi connectivity index (χ0n) is 50.5. The maximum absolute atomic E-state index is 16.6. The van der Waals surface area contributed by atoms with Crippen LogP contribution < -0.4 is 21.7 Å². The molecule has 13 rings (SSSR count). The summed E-state index contributed by atoms with van der Waals surface area (Å²) in [6.07, 6.45) is 22.3. The van der Waals surface area contributed by atoms with Crippen LogP contribution in [-0.4, -0.2) is 149 Å². The van der Waals surface area contributed by atoms with Gasteiger partial charge in [-0.05, 0) is 206 Å². The van der Waals surface area contributed by atoms with E-state index in [9.17, 15) is 40.9 Å². The fourth-order valence-corrected chi connectivity index (χ4v) is 22.9. The molecule has 8 saturated carbocycles. The second-order valence-electron chi connectivity index (χ2n) is 30.3. The van der Waals surface area contributed by atoms with Crippen molar-refractivity contribution >= 4 is 5.78 Å². The van der Waals surface area contributed by atoms with Crippen molar-refractivity contribution in [2.24, 2.45) is 87.6 Å². The molecule has 1 unspecified atom stereocenters. The molecule has 0 amide bonds. The highest BCUT2D eigenvalue weighted by Gasteiger charge is 2.82. The van der Waals surface area contributed by atoms with Crippen molar-refractivity contribution in [1.82, 2.24) is 16.0 Å². The molecule has 1 spiro atoms. The lowest BCUT2D eigenvalue weighted by Crippen LogP contribution is -2.76. The van der Waals surface area contributed by atoms with Crippen LogP contribution in [0.5, 0.6) is 0 Å². The van der Waals surface area contributed by atoms with Crippen molar-refractivity contribution in [3.05, 3.63) is 59.1 Å². The molecule has 0 aromatic heterocycles. The number of hydrogen-bond donors (Lipinski definition) is 13. The number of fused-ring (bicyclic) bond motifs is 6. The average Bonchev–Trinajstić information content (AvgIpc) is 1.24. The number of nitrogens with two attached hydrogens (primary N) is 1. The van der Waals surface area contributed by atoms with Gasteiger partial charge in [-0.1, -0.05) is 63.3 Å². The number of carbonyl (C=O) groups is 1. The molecule has 14 N–H and O–H groups in total. The number of allylic oxidation sites excluding steroid dienone is 5. The van der Waals surface area contributed by atoms with Crippen LogP contribution in [0.25, 0.3) is 0 Å². The maximum Gasteiger partial charge on any atom is 0.182 e. The van der Waals surface area contributed by atoms with E-state index in [2.05, 4.69) is 41.2 Å². The second kappa shape index (κ2) is 22.6. The lowest BCUT2D eigenvalue weighted by molar-refractivity contribution is -0.282. The predicted molar refractivity (Wildman–Crippen MR) is 316 cm³/mol. The molecule has 468 valence electrons. The van der Waals surface area contributed by atoms with Gasteiger partial charge in [0, 0.05) is 66.5 Å². The number of aliphatic hydroxyl groups excluding tert-OH is 5. The Morgan fingerprint density at radius 3 is 2.44 bits per heavy atom. The van der Waals surface area contributed by atoms with Crippen molar-refractivity contribution in [2.75, 3.05) is 19.8 Å². The van der Waals surface area contributed by atoms with Gasteiger partial charge in [0.15, 0.2) is 5.78 Å². The zero-order valence-corrected chi connectivity index (χ0v) is 50.5. The molecule has 3 aliphatic heterocycles. The molecular formula is C68H104N4O12. The summed E-state index contributed by atoms with van der Waals surface area (Å²) in [7, 11) is 0. The van der Waals surface area contributed by atoms with Crippen molar-refractivity contribution in [1.29, 1.82) is 0 Å². The monoisotopic (exact) mass is 1170 g/mol. The predicted octanol–water partition coefficient (Wildman–Crippen LogP) is 5.58. The molecule has 13 aliphatic rings. The molecule has 16 heteroatoms. The number of ether oxygens (including phenoxy) is 2. The van der Waals surface area contributed by atoms with Gasteiger partial charge in [0.25, 0.3) is 0 Å². The fourth-order valence-electron chi connectivity index (χ4n) is 22.9. The van der Waals surface area contributed by atoms with Crippen LogP contribution in [0.1, 0.15) is 175 Å². The Morgan fingerprint density at radius 1 is 0.917 bits per heavy atom. The SMILES string of the molecule is CCC[C@@H]1CC[C@H]2[C@@H]3[C@H](O)CCC[C@](O)([C@](C)(O)[C@H]4CC[C@@]5(O)C6=C(NC[C@H](C)O)C(=O)[C@@H]7[C@H]8CC[C@@H]9[C@@H](C%10=C(CCCO)NC(N)C=C%10)C=C[C@@](O)(C[C@]45C4CCC(CCO[C@@H]5C[C@H]%10C=CN[C@H]%10C5)CC4)[C@@H]6[C@]97C[C@H](O)[C@@H]8O)[C@@H]3O[C@@H]2CC1. The van der Waals surface area contributed by atoms with Gasteiger partial charge in [0.2, 0.25) is 0 Å². The van der Waals surface area contributed by atoms with E-state index in [-0.39, 0.29) is 86.7 Å². The molecule has 0 aromatic carbocycles. The number of rotatable bonds is 16. The highest BCUT2D eigenvalue weighted by molar-refractivity contribution is 6.00. The van der Waals surface area contributed by atoms with Crippen LogP contribution >= 0.6 is 0 Å². The van der Waals surface area contributed by atoms with Crippen LogP contribution in [0.2, 0.25) is 0 Å². The molecule has 2 bridgehead atoms.